The number of nitrogens with zero attached hydrogens (tertiary/aromatic N) is 3. The monoisotopic (exact) mass is 376 g/mol. The van der Waals surface area contributed by atoms with Gasteiger partial charge in [-0.25, -0.2) is 13.9 Å². The second kappa shape index (κ2) is 9.34. The fourth-order valence-electron chi connectivity index (χ4n) is 3.10. The molecule has 3 rings (SSSR count). The number of fused-ring (bicyclic) bond motifs is 1. The Morgan fingerprint density at radius 1 is 1.19 bits per heavy atom. The molecule has 1 aromatic heterocycles. The van der Waals surface area contributed by atoms with Crippen LogP contribution in [0.4, 0.5) is 4.39 Å². The summed E-state index contributed by atoms with van der Waals surface area (Å²) in [5.41, 5.74) is -0.199. The van der Waals surface area contributed by atoms with Crippen LogP contribution in [0.5, 0.6) is 5.75 Å². The lowest BCUT2D eigenvalue weighted by molar-refractivity contribution is -0.121. The summed E-state index contributed by atoms with van der Waals surface area (Å²) in [5.74, 6) is 0.894. The van der Waals surface area contributed by atoms with E-state index >= 15 is 0 Å². The lowest BCUT2D eigenvalue weighted by Crippen LogP contribution is -2.34. The highest BCUT2D eigenvalue weighted by molar-refractivity contribution is 5.75. The number of aromatic nitrogens is 3. The molecule has 0 radical (unpaired) electrons. The summed E-state index contributed by atoms with van der Waals surface area (Å²) in [6.45, 7) is 1.64. The van der Waals surface area contributed by atoms with Gasteiger partial charge in [-0.15, -0.1) is 0 Å². The number of nitrogens with one attached hydrogen (secondary N) is 1. The van der Waals surface area contributed by atoms with Crippen molar-refractivity contribution in [1.82, 2.24) is 19.7 Å². The van der Waals surface area contributed by atoms with Crippen LogP contribution in [0.2, 0.25) is 0 Å². The second-order valence-corrected chi connectivity index (χ2v) is 6.68. The molecule has 0 saturated heterocycles. The topological polar surface area (TPSA) is 78.2 Å². The molecule has 7 nitrogen and oxygen atoms in total. The third-order valence-electron chi connectivity index (χ3n) is 4.55. The molecule has 0 atom stereocenters. The van der Waals surface area contributed by atoms with Gasteiger partial charge >= 0.3 is 5.69 Å². The Morgan fingerprint density at radius 2 is 2.00 bits per heavy atom. The Bertz CT molecular complexity index is 813. The highest BCUT2D eigenvalue weighted by Crippen LogP contribution is 2.11. The molecular weight excluding hydrogens is 351 g/mol. The predicted octanol–water partition coefficient (Wildman–Crippen LogP) is 1.89. The molecule has 2 heterocycles. The second-order valence-electron chi connectivity index (χ2n) is 6.68. The fraction of sp³-hybridized carbons (Fsp3) is 0.526. The average Bonchev–Trinajstić information content (AvgIpc) is 2.83. The van der Waals surface area contributed by atoms with Crippen molar-refractivity contribution in [3.63, 3.8) is 0 Å². The van der Waals surface area contributed by atoms with Crippen LogP contribution in [0.15, 0.2) is 29.1 Å². The summed E-state index contributed by atoms with van der Waals surface area (Å²) in [4.78, 5) is 24.4. The Morgan fingerprint density at radius 3 is 2.81 bits per heavy atom. The SMILES string of the molecule is O=C(Cn1nc2n(c1=O)CCCCC2)NCCCCOc1ccc(F)cc1. The highest BCUT2D eigenvalue weighted by Gasteiger charge is 2.16. The number of rotatable bonds is 8. The van der Waals surface area contributed by atoms with Crippen molar-refractivity contribution in [2.45, 2.75) is 51.6 Å². The number of halogens is 1. The Balaban J connectivity index is 1.35. The molecular formula is C19H25FN4O3. The van der Waals surface area contributed by atoms with Crippen molar-refractivity contribution in [2.24, 2.45) is 0 Å². The van der Waals surface area contributed by atoms with E-state index in [0.717, 1.165) is 44.3 Å². The highest BCUT2D eigenvalue weighted by atomic mass is 19.1. The molecule has 1 aromatic carbocycles. The van der Waals surface area contributed by atoms with Crippen LogP contribution in [-0.4, -0.2) is 33.4 Å². The van der Waals surface area contributed by atoms with E-state index < -0.39 is 0 Å². The van der Waals surface area contributed by atoms with Crippen molar-refractivity contribution in [3.8, 4) is 5.75 Å². The predicted molar refractivity (Wildman–Crippen MR) is 98.2 cm³/mol. The number of carbonyl (C=O) groups is 1. The van der Waals surface area contributed by atoms with Crippen molar-refractivity contribution >= 4 is 5.91 Å². The quantitative estimate of drug-likeness (QED) is 0.714. The molecule has 0 spiro atoms. The van der Waals surface area contributed by atoms with Crippen LogP contribution in [0, 0.1) is 5.82 Å². The van der Waals surface area contributed by atoms with Gasteiger partial charge in [0.1, 0.15) is 23.9 Å². The third-order valence-corrected chi connectivity index (χ3v) is 4.55. The minimum atomic E-state index is -0.293. The van der Waals surface area contributed by atoms with Crippen molar-refractivity contribution in [2.75, 3.05) is 13.2 Å². The van der Waals surface area contributed by atoms with Gasteiger partial charge in [0.15, 0.2) is 0 Å². The zero-order valence-electron chi connectivity index (χ0n) is 15.3. The molecule has 27 heavy (non-hydrogen) atoms. The number of hydrogen-bond acceptors (Lipinski definition) is 4. The maximum atomic E-state index is 12.8. The minimum Gasteiger partial charge on any atom is -0.494 e. The lowest BCUT2D eigenvalue weighted by atomic mass is 10.2. The van der Waals surface area contributed by atoms with Gasteiger partial charge in [0.25, 0.3) is 0 Å². The number of carbonyl (C=O) groups excluding carboxylic acids is 1. The van der Waals surface area contributed by atoms with E-state index in [1.165, 1.54) is 16.8 Å². The van der Waals surface area contributed by atoms with Crippen LogP contribution in [-0.2, 0) is 24.3 Å². The van der Waals surface area contributed by atoms with Gasteiger partial charge < -0.3 is 10.1 Å². The first-order valence-corrected chi connectivity index (χ1v) is 9.45. The molecule has 8 heteroatoms. The first-order valence-electron chi connectivity index (χ1n) is 9.45. The molecule has 0 saturated carbocycles. The average molecular weight is 376 g/mol. The van der Waals surface area contributed by atoms with E-state index in [-0.39, 0.29) is 24.0 Å². The van der Waals surface area contributed by atoms with Crippen molar-refractivity contribution < 1.29 is 13.9 Å². The molecule has 0 unspecified atom stereocenters. The molecule has 0 fully saturated rings. The van der Waals surface area contributed by atoms with Gasteiger partial charge in [0, 0.05) is 19.5 Å². The zero-order chi connectivity index (χ0) is 19.1. The molecule has 1 aliphatic heterocycles. The standard InChI is InChI=1S/C19H25FN4O3/c20-15-7-9-16(10-8-15)27-13-5-3-11-21-18(25)14-24-19(26)23-12-4-1-2-6-17(23)22-24/h7-10H,1-6,11-14H2,(H,21,25). The number of unbranched alkanes of at least 4 members (excludes halogenated alkanes) is 1. The molecule has 146 valence electrons. The van der Waals surface area contributed by atoms with Crippen LogP contribution >= 0.6 is 0 Å². The number of amides is 1. The lowest BCUT2D eigenvalue weighted by Gasteiger charge is -2.07. The van der Waals surface area contributed by atoms with Crippen molar-refractivity contribution in [3.05, 3.63) is 46.4 Å². The van der Waals surface area contributed by atoms with E-state index in [4.69, 9.17) is 4.74 Å². The van der Waals surface area contributed by atoms with Gasteiger partial charge in [-0.1, -0.05) is 6.42 Å². The minimum absolute atomic E-state index is 0.0507. The Kier molecular flexibility index (Phi) is 6.62. The Hall–Kier alpha value is -2.64. The summed E-state index contributed by atoms with van der Waals surface area (Å²) < 4.78 is 21.2. The van der Waals surface area contributed by atoms with Crippen LogP contribution < -0.4 is 15.7 Å². The summed E-state index contributed by atoms with van der Waals surface area (Å²) in [6.07, 6.45) is 5.41. The fourth-order valence-corrected chi connectivity index (χ4v) is 3.10. The molecule has 0 aliphatic carbocycles. The van der Waals surface area contributed by atoms with Gasteiger partial charge in [0.2, 0.25) is 5.91 Å². The van der Waals surface area contributed by atoms with E-state index in [2.05, 4.69) is 10.4 Å². The number of aryl methyl sites for hydroxylation is 1. The molecule has 2 aromatic rings. The molecule has 1 N–H and O–H groups in total. The van der Waals surface area contributed by atoms with Gasteiger partial charge in [-0.05, 0) is 49.9 Å². The first kappa shape index (κ1) is 19.1. The number of ether oxygens (including phenoxy) is 1. The van der Waals surface area contributed by atoms with Crippen LogP contribution in [0.3, 0.4) is 0 Å². The van der Waals surface area contributed by atoms with Crippen molar-refractivity contribution in [1.29, 1.82) is 0 Å². The zero-order valence-corrected chi connectivity index (χ0v) is 15.3. The van der Waals surface area contributed by atoms with E-state index in [9.17, 15) is 14.0 Å². The molecule has 1 amide bonds. The largest absolute Gasteiger partial charge is 0.494 e. The normalized spacial score (nSPS) is 13.7. The number of hydrogen-bond donors (Lipinski definition) is 1. The number of benzene rings is 1. The van der Waals surface area contributed by atoms with E-state index in [1.54, 1.807) is 16.7 Å². The third kappa shape index (κ3) is 5.42. The van der Waals surface area contributed by atoms with Gasteiger partial charge in [-0.2, -0.15) is 5.10 Å². The summed E-state index contributed by atoms with van der Waals surface area (Å²) in [7, 11) is 0. The van der Waals surface area contributed by atoms with Gasteiger partial charge in [0.05, 0.1) is 6.61 Å². The smallest absolute Gasteiger partial charge is 0.346 e. The molecule has 0 bridgehead atoms. The summed E-state index contributed by atoms with van der Waals surface area (Å²) >= 11 is 0. The van der Waals surface area contributed by atoms with Crippen LogP contribution in [0.25, 0.3) is 0 Å². The Labute approximate surface area is 157 Å². The summed E-state index contributed by atoms with van der Waals surface area (Å²) in [6, 6.07) is 5.88. The summed E-state index contributed by atoms with van der Waals surface area (Å²) in [5, 5.41) is 7.11. The molecule has 1 aliphatic rings. The van der Waals surface area contributed by atoms with E-state index in [1.807, 2.05) is 0 Å². The van der Waals surface area contributed by atoms with Crippen LogP contribution in [0.1, 0.15) is 37.9 Å². The van der Waals surface area contributed by atoms with E-state index in [0.29, 0.717) is 25.4 Å². The first-order chi connectivity index (χ1) is 13.1. The maximum absolute atomic E-state index is 12.8. The van der Waals surface area contributed by atoms with Gasteiger partial charge in [-0.3, -0.25) is 9.36 Å². The maximum Gasteiger partial charge on any atom is 0.346 e.